The Bertz CT molecular complexity index is 440. The van der Waals surface area contributed by atoms with Gasteiger partial charge in [0.05, 0.1) is 6.61 Å². The number of Topliss-reactive ketones (excluding diaryl/α,β-unsaturated/α-hetero) is 1. The van der Waals surface area contributed by atoms with Gasteiger partial charge in [-0.3, -0.25) is 4.79 Å². The van der Waals surface area contributed by atoms with Gasteiger partial charge in [-0.2, -0.15) is 0 Å². The second-order valence-corrected chi connectivity index (χ2v) is 6.20. The summed E-state index contributed by atoms with van der Waals surface area (Å²) in [6.45, 7) is 11.3. The summed E-state index contributed by atoms with van der Waals surface area (Å²) in [5.41, 5.74) is 0.993. The molecular weight excluding hydrogens is 224 g/mol. The van der Waals surface area contributed by atoms with Crippen molar-refractivity contribution in [2.24, 2.45) is 16.7 Å². The molecule has 2 heteroatoms. The van der Waals surface area contributed by atoms with Crippen molar-refractivity contribution in [3.05, 3.63) is 29.8 Å². The average Bonchev–Trinajstić information content (AvgIpc) is 2.70. The number of hydrogen-bond donors (Lipinski definition) is 0. The first kappa shape index (κ1) is 13.1. The van der Waals surface area contributed by atoms with E-state index in [0.29, 0.717) is 6.61 Å². The topological polar surface area (TPSA) is 26.3 Å². The van der Waals surface area contributed by atoms with E-state index in [4.69, 9.17) is 4.74 Å². The lowest BCUT2D eigenvalue weighted by Crippen LogP contribution is -2.07. The summed E-state index contributed by atoms with van der Waals surface area (Å²) in [7, 11) is 0. The number of rotatable bonds is 4. The number of ether oxygens (including phenoxy) is 1. The molecule has 2 rings (SSSR count). The fourth-order valence-electron chi connectivity index (χ4n) is 2.90. The van der Waals surface area contributed by atoms with E-state index in [0.717, 1.165) is 11.3 Å². The van der Waals surface area contributed by atoms with Crippen molar-refractivity contribution in [3.63, 3.8) is 0 Å². The van der Waals surface area contributed by atoms with Crippen molar-refractivity contribution < 1.29 is 9.53 Å². The van der Waals surface area contributed by atoms with E-state index in [1.165, 1.54) is 0 Å². The monoisotopic (exact) mass is 246 g/mol. The molecule has 0 atom stereocenters. The molecule has 0 bridgehead atoms. The molecule has 0 radical (unpaired) electrons. The molecule has 1 aromatic carbocycles. The predicted molar refractivity (Wildman–Crippen MR) is 73.0 cm³/mol. The molecule has 0 unspecified atom stereocenters. The normalized spacial score (nSPS) is 20.5. The van der Waals surface area contributed by atoms with E-state index in [-0.39, 0.29) is 22.5 Å². The van der Waals surface area contributed by atoms with E-state index >= 15 is 0 Å². The smallest absolute Gasteiger partial charge is 0.167 e. The molecule has 1 aliphatic carbocycles. The van der Waals surface area contributed by atoms with Gasteiger partial charge in [0.2, 0.25) is 0 Å². The predicted octanol–water partition coefficient (Wildman–Crippen LogP) is 3.95. The van der Waals surface area contributed by atoms with Crippen LogP contribution in [0.3, 0.4) is 0 Å². The van der Waals surface area contributed by atoms with Crippen molar-refractivity contribution in [1.29, 1.82) is 0 Å². The molecule has 1 aliphatic rings. The minimum atomic E-state index is 0.0999. The zero-order chi connectivity index (χ0) is 13.6. The van der Waals surface area contributed by atoms with E-state index in [2.05, 4.69) is 27.7 Å². The molecule has 0 amide bonds. The third-order valence-corrected chi connectivity index (χ3v) is 4.73. The summed E-state index contributed by atoms with van der Waals surface area (Å²) >= 11 is 0. The van der Waals surface area contributed by atoms with Crippen LogP contribution in [0.1, 0.15) is 45.0 Å². The van der Waals surface area contributed by atoms with Crippen LogP contribution in [0.5, 0.6) is 5.75 Å². The van der Waals surface area contributed by atoms with Crippen LogP contribution in [0.4, 0.5) is 0 Å². The van der Waals surface area contributed by atoms with Crippen LogP contribution in [0.2, 0.25) is 0 Å². The summed E-state index contributed by atoms with van der Waals surface area (Å²) in [5.74, 6) is 1.21. The van der Waals surface area contributed by atoms with Gasteiger partial charge in [0.15, 0.2) is 5.78 Å². The van der Waals surface area contributed by atoms with Crippen LogP contribution in [-0.4, -0.2) is 12.4 Å². The zero-order valence-corrected chi connectivity index (χ0v) is 11.9. The first-order chi connectivity index (χ1) is 8.32. The Hall–Kier alpha value is -1.31. The molecule has 0 heterocycles. The summed E-state index contributed by atoms with van der Waals surface area (Å²) in [4.78, 5) is 12.5. The number of benzene rings is 1. The number of hydrogen-bond acceptors (Lipinski definition) is 2. The van der Waals surface area contributed by atoms with Crippen molar-refractivity contribution in [2.75, 3.05) is 6.61 Å². The highest BCUT2D eigenvalue weighted by molar-refractivity contribution is 6.01. The van der Waals surface area contributed by atoms with Gasteiger partial charge in [-0.25, -0.2) is 0 Å². The minimum absolute atomic E-state index is 0.0999. The molecule has 1 fully saturated rings. The molecule has 0 N–H and O–H groups in total. The fourth-order valence-corrected chi connectivity index (χ4v) is 2.90. The summed E-state index contributed by atoms with van der Waals surface area (Å²) in [6, 6.07) is 7.49. The minimum Gasteiger partial charge on any atom is -0.494 e. The number of carbonyl (C=O) groups is 1. The Balaban J connectivity index is 2.16. The second kappa shape index (κ2) is 4.11. The van der Waals surface area contributed by atoms with Gasteiger partial charge in [-0.1, -0.05) is 27.7 Å². The lowest BCUT2D eigenvalue weighted by molar-refractivity contribution is 0.0945. The van der Waals surface area contributed by atoms with Crippen molar-refractivity contribution in [3.8, 4) is 5.75 Å². The first-order valence-corrected chi connectivity index (χ1v) is 6.59. The maximum atomic E-state index is 12.5. The van der Waals surface area contributed by atoms with Crippen molar-refractivity contribution >= 4 is 5.78 Å². The van der Waals surface area contributed by atoms with Gasteiger partial charge in [-0.15, -0.1) is 0 Å². The van der Waals surface area contributed by atoms with Crippen molar-refractivity contribution in [1.82, 2.24) is 0 Å². The lowest BCUT2D eigenvalue weighted by atomic mass is 10.0. The maximum absolute atomic E-state index is 12.5. The quantitative estimate of drug-likeness (QED) is 0.752. The largest absolute Gasteiger partial charge is 0.494 e. The highest BCUT2D eigenvalue weighted by atomic mass is 16.5. The lowest BCUT2D eigenvalue weighted by Gasteiger charge is -2.05. The Labute approximate surface area is 109 Å². The average molecular weight is 246 g/mol. The standard InChI is InChI=1S/C16H22O2/c1-6-18-12-9-7-11(8-10-12)13(17)14-15(2,3)16(14,4)5/h7-10,14H,6H2,1-5H3. The third-order valence-electron chi connectivity index (χ3n) is 4.73. The van der Waals surface area contributed by atoms with Crippen LogP contribution in [-0.2, 0) is 0 Å². The molecule has 18 heavy (non-hydrogen) atoms. The Morgan fingerprint density at radius 3 is 2.00 bits per heavy atom. The van der Waals surface area contributed by atoms with Crippen LogP contribution in [0, 0.1) is 16.7 Å². The van der Waals surface area contributed by atoms with Crippen LogP contribution in [0.25, 0.3) is 0 Å². The van der Waals surface area contributed by atoms with Gasteiger partial charge < -0.3 is 4.74 Å². The maximum Gasteiger partial charge on any atom is 0.167 e. The molecule has 1 saturated carbocycles. The third kappa shape index (κ3) is 1.84. The van der Waals surface area contributed by atoms with E-state index < -0.39 is 0 Å². The molecular formula is C16H22O2. The zero-order valence-electron chi connectivity index (χ0n) is 11.9. The second-order valence-electron chi connectivity index (χ2n) is 6.20. The highest BCUT2D eigenvalue weighted by Crippen LogP contribution is 2.69. The fraction of sp³-hybridized carbons (Fsp3) is 0.562. The van der Waals surface area contributed by atoms with Gasteiger partial charge in [0.25, 0.3) is 0 Å². The number of carbonyl (C=O) groups excluding carboxylic acids is 1. The summed E-state index contributed by atoms with van der Waals surface area (Å²) in [5, 5.41) is 0. The van der Waals surface area contributed by atoms with Gasteiger partial charge >= 0.3 is 0 Å². The Kier molecular flexibility index (Phi) is 3.00. The molecule has 1 aromatic rings. The number of ketones is 1. The van der Waals surface area contributed by atoms with Gasteiger partial charge in [0, 0.05) is 11.5 Å². The molecule has 0 spiro atoms. The Morgan fingerprint density at radius 2 is 1.61 bits per heavy atom. The molecule has 0 aromatic heterocycles. The SMILES string of the molecule is CCOc1ccc(C(=O)C2C(C)(C)C2(C)C)cc1. The molecule has 2 nitrogen and oxygen atoms in total. The van der Waals surface area contributed by atoms with E-state index in [1.807, 2.05) is 31.2 Å². The van der Waals surface area contributed by atoms with E-state index in [9.17, 15) is 4.79 Å². The first-order valence-electron chi connectivity index (χ1n) is 6.59. The van der Waals surface area contributed by atoms with Crippen LogP contribution in [0.15, 0.2) is 24.3 Å². The summed E-state index contributed by atoms with van der Waals surface area (Å²) < 4.78 is 5.39. The summed E-state index contributed by atoms with van der Waals surface area (Å²) in [6.07, 6.45) is 0. The van der Waals surface area contributed by atoms with Gasteiger partial charge in [-0.05, 0) is 42.0 Å². The van der Waals surface area contributed by atoms with Crippen LogP contribution < -0.4 is 4.74 Å². The highest BCUT2D eigenvalue weighted by Gasteiger charge is 2.67. The molecule has 98 valence electrons. The van der Waals surface area contributed by atoms with E-state index in [1.54, 1.807) is 0 Å². The van der Waals surface area contributed by atoms with Gasteiger partial charge in [0.1, 0.15) is 5.75 Å². The Morgan fingerprint density at radius 1 is 1.11 bits per heavy atom. The molecule has 0 aliphatic heterocycles. The molecule has 0 saturated heterocycles. The van der Waals surface area contributed by atoms with Crippen molar-refractivity contribution in [2.45, 2.75) is 34.6 Å². The van der Waals surface area contributed by atoms with Crippen LogP contribution >= 0.6 is 0 Å².